The van der Waals surface area contributed by atoms with E-state index in [1.807, 2.05) is 13.0 Å². The number of aromatic nitrogens is 2. The summed E-state index contributed by atoms with van der Waals surface area (Å²) < 4.78 is 5.41. The molecule has 2 aliphatic carbocycles. The third-order valence-electron chi connectivity index (χ3n) is 3.78. The largest absolute Gasteiger partial charge is 0.374 e. The minimum Gasteiger partial charge on any atom is -0.374 e. The number of ether oxygens (including phenoxy) is 1. The Balaban J connectivity index is 1.80. The molecule has 2 aliphatic rings. The number of rotatable bonds is 8. The number of nitrogen functional groups attached to an aromatic ring is 1. The molecule has 0 radical (unpaired) electrons. The van der Waals surface area contributed by atoms with Gasteiger partial charge in [-0.25, -0.2) is 15.8 Å². The average molecular weight is 277 g/mol. The van der Waals surface area contributed by atoms with E-state index in [1.165, 1.54) is 25.7 Å². The Labute approximate surface area is 119 Å². The second-order valence-corrected chi connectivity index (χ2v) is 5.64. The van der Waals surface area contributed by atoms with Gasteiger partial charge in [-0.15, -0.1) is 0 Å². The predicted octanol–water partition coefficient (Wildman–Crippen LogP) is 1.68. The van der Waals surface area contributed by atoms with Gasteiger partial charge in [0.05, 0.1) is 0 Å². The van der Waals surface area contributed by atoms with Gasteiger partial charge in [-0.05, 0) is 38.5 Å². The van der Waals surface area contributed by atoms with Crippen molar-refractivity contribution in [3.05, 3.63) is 11.9 Å². The van der Waals surface area contributed by atoms with Gasteiger partial charge in [-0.2, -0.15) is 0 Å². The van der Waals surface area contributed by atoms with Gasteiger partial charge >= 0.3 is 0 Å². The fraction of sp³-hybridized carbons (Fsp3) is 0.714. The monoisotopic (exact) mass is 277 g/mol. The van der Waals surface area contributed by atoms with Gasteiger partial charge in [0.2, 0.25) is 0 Å². The molecule has 0 atom stereocenters. The predicted molar refractivity (Wildman–Crippen MR) is 78.3 cm³/mol. The molecule has 1 aromatic heterocycles. The molecule has 0 aliphatic heterocycles. The molecule has 0 unspecified atom stereocenters. The molecule has 20 heavy (non-hydrogen) atoms. The third-order valence-corrected chi connectivity index (χ3v) is 3.78. The number of hydrogen-bond acceptors (Lipinski definition) is 6. The van der Waals surface area contributed by atoms with E-state index in [0.29, 0.717) is 30.9 Å². The van der Waals surface area contributed by atoms with Crippen LogP contribution in [0.2, 0.25) is 0 Å². The summed E-state index contributed by atoms with van der Waals surface area (Å²) in [7, 11) is 0. The quantitative estimate of drug-likeness (QED) is 0.556. The molecule has 110 valence electrons. The Morgan fingerprint density at radius 3 is 2.75 bits per heavy atom. The van der Waals surface area contributed by atoms with Gasteiger partial charge in [-0.1, -0.05) is 0 Å². The van der Waals surface area contributed by atoms with Crippen molar-refractivity contribution in [1.82, 2.24) is 9.97 Å². The summed E-state index contributed by atoms with van der Waals surface area (Å²) in [6.07, 6.45) is 5.23. The van der Waals surface area contributed by atoms with E-state index in [0.717, 1.165) is 18.3 Å². The lowest BCUT2D eigenvalue weighted by atomic mass is 10.3. The molecule has 3 rings (SSSR count). The van der Waals surface area contributed by atoms with Crippen molar-refractivity contribution in [2.75, 3.05) is 23.5 Å². The second-order valence-electron chi connectivity index (χ2n) is 5.64. The molecule has 6 heteroatoms. The molecule has 0 amide bonds. The van der Waals surface area contributed by atoms with Crippen LogP contribution in [0.15, 0.2) is 6.07 Å². The molecule has 2 saturated carbocycles. The topological polar surface area (TPSA) is 76.3 Å². The summed E-state index contributed by atoms with van der Waals surface area (Å²) in [4.78, 5) is 11.4. The zero-order valence-electron chi connectivity index (χ0n) is 12.0. The minimum absolute atomic E-state index is 0.432. The van der Waals surface area contributed by atoms with E-state index in [-0.39, 0.29) is 0 Å². The molecule has 0 saturated heterocycles. The van der Waals surface area contributed by atoms with Crippen molar-refractivity contribution < 1.29 is 4.74 Å². The maximum Gasteiger partial charge on any atom is 0.158 e. The molecule has 6 nitrogen and oxygen atoms in total. The standard InChI is InChI=1S/C14H23N5O/c1-2-20-9-13-16-12(18-15)7-14(17-13)19(11-5-6-11)8-10-3-4-10/h7,10-11H,2-6,8-9,15H2,1H3,(H,16,17,18). The summed E-state index contributed by atoms with van der Waals surface area (Å²) in [6, 6.07) is 2.59. The van der Waals surface area contributed by atoms with E-state index in [4.69, 9.17) is 10.6 Å². The van der Waals surface area contributed by atoms with Gasteiger partial charge in [0, 0.05) is 25.3 Å². The van der Waals surface area contributed by atoms with Crippen molar-refractivity contribution in [3.8, 4) is 0 Å². The molecule has 0 bridgehead atoms. The lowest BCUT2D eigenvalue weighted by molar-refractivity contribution is 0.128. The maximum absolute atomic E-state index is 5.52. The fourth-order valence-electron chi connectivity index (χ4n) is 2.36. The van der Waals surface area contributed by atoms with Crippen molar-refractivity contribution in [1.29, 1.82) is 0 Å². The summed E-state index contributed by atoms with van der Waals surface area (Å²) in [5.74, 6) is 8.70. The Hall–Kier alpha value is -1.40. The molecule has 0 aromatic carbocycles. The summed E-state index contributed by atoms with van der Waals surface area (Å²) in [5.41, 5.74) is 2.63. The van der Waals surface area contributed by atoms with Crippen LogP contribution >= 0.6 is 0 Å². The van der Waals surface area contributed by atoms with Crippen LogP contribution < -0.4 is 16.2 Å². The van der Waals surface area contributed by atoms with Gasteiger partial charge in [0.1, 0.15) is 18.2 Å². The van der Waals surface area contributed by atoms with Gasteiger partial charge in [0.15, 0.2) is 5.82 Å². The van der Waals surface area contributed by atoms with Crippen molar-refractivity contribution in [2.24, 2.45) is 11.8 Å². The molecular weight excluding hydrogens is 254 g/mol. The van der Waals surface area contributed by atoms with E-state index in [2.05, 4.69) is 20.3 Å². The smallest absolute Gasteiger partial charge is 0.158 e. The van der Waals surface area contributed by atoms with Crippen LogP contribution in [-0.2, 0) is 11.3 Å². The highest BCUT2D eigenvalue weighted by molar-refractivity contribution is 5.50. The lowest BCUT2D eigenvalue weighted by Gasteiger charge is -2.24. The van der Waals surface area contributed by atoms with Crippen LogP contribution in [0.1, 0.15) is 38.4 Å². The van der Waals surface area contributed by atoms with Crippen molar-refractivity contribution in [2.45, 2.75) is 45.3 Å². The first-order valence-electron chi connectivity index (χ1n) is 7.49. The maximum atomic E-state index is 5.52. The first-order chi connectivity index (χ1) is 9.80. The molecule has 0 spiro atoms. The van der Waals surface area contributed by atoms with Crippen molar-refractivity contribution >= 4 is 11.6 Å². The number of hydrazine groups is 1. The first-order valence-corrected chi connectivity index (χ1v) is 7.49. The minimum atomic E-state index is 0.432. The lowest BCUT2D eigenvalue weighted by Crippen LogP contribution is -2.29. The number of nitrogens with two attached hydrogens (primary N) is 1. The third kappa shape index (κ3) is 3.37. The zero-order valence-corrected chi connectivity index (χ0v) is 12.0. The summed E-state index contributed by atoms with van der Waals surface area (Å²) in [6.45, 7) is 4.17. The second kappa shape index (κ2) is 5.93. The Morgan fingerprint density at radius 1 is 1.35 bits per heavy atom. The van der Waals surface area contributed by atoms with Crippen LogP contribution in [-0.4, -0.2) is 29.2 Å². The number of hydrogen-bond donors (Lipinski definition) is 2. The van der Waals surface area contributed by atoms with Crippen LogP contribution in [0.3, 0.4) is 0 Å². The molecular formula is C14H23N5O. The summed E-state index contributed by atoms with van der Waals surface area (Å²) in [5, 5.41) is 0. The highest BCUT2D eigenvalue weighted by atomic mass is 16.5. The number of nitrogens with one attached hydrogen (secondary N) is 1. The normalized spacial score (nSPS) is 18.1. The van der Waals surface area contributed by atoms with E-state index < -0.39 is 0 Å². The summed E-state index contributed by atoms with van der Waals surface area (Å²) >= 11 is 0. The Bertz CT molecular complexity index is 459. The molecule has 1 heterocycles. The average Bonchev–Trinajstić information content (AvgIpc) is 3.35. The SMILES string of the molecule is CCOCc1nc(NN)cc(N(CC2CC2)C2CC2)n1. The zero-order chi connectivity index (χ0) is 13.9. The van der Waals surface area contributed by atoms with Gasteiger partial charge in [-0.3, -0.25) is 0 Å². The Morgan fingerprint density at radius 2 is 2.15 bits per heavy atom. The number of nitrogens with zero attached hydrogens (tertiary/aromatic N) is 3. The highest BCUT2D eigenvalue weighted by Crippen LogP contribution is 2.37. The molecule has 3 N–H and O–H groups in total. The van der Waals surface area contributed by atoms with E-state index >= 15 is 0 Å². The first kappa shape index (κ1) is 13.6. The van der Waals surface area contributed by atoms with Gasteiger partial charge < -0.3 is 15.1 Å². The van der Waals surface area contributed by atoms with Crippen molar-refractivity contribution in [3.63, 3.8) is 0 Å². The van der Waals surface area contributed by atoms with E-state index in [9.17, 15) is 0 Å². The Kier molecular flexibility index (Phi) is 4.03. The van der Waals surface area contributed by atoms with Crippen LogP contribution in [0.25, 0.3) is 0 Å². The van der Waals surface area contributed by atoms with Crippen LogP contribution in [0, 0.1) is 5.92 Å². The van der Waals surface area contributed by atoms with Crippen LogP contribution in [0.4, 0.5) is 11.6 Å². The fourth-order valence-corrected chi connectivity index (χ4v) is 2.36. The molecule has 2 fully saturated rings. The van der Waals surface area contributed by atoms with Gasteiger partial charge in [0.25, 0.3) is 0 Å². The van der Waals surface area contributed by atoms with Crippen LogP contribution in [0.5, 0.6) is 0 Å². The molecule has 1 aromatic rings. The number of anilines is 2. The highest BCUT2D eigenvalue weighted by Gasteiger charge is 2.34. The van der Waals surface area contributed by atoms with E-state index in [1.54, 1.807) is 0 Å².